The van der Waals surface area contributed by atoms with Crippen LogP contribution in [0.2, 0.25) is 0 Å². The predicted octanol–water partition coefficient (Wildman–Crippen LogP) is 2.04. The zero-order valence-electron chi connectivity index (χ0n) is 15.7. The van der Waals surface area contributed by atoms with E-state index in [1.807, 2.05) is 0 Å². The highest BCUT2D eigenvalue weighted by Gasteiger charge is 2.42. The molecule has 0 saturated carbocycles. The van der Waals surface area contributed by atoms with Crippen molar-refractivity contribution in [3.05, 3.63) is 23.8 Å². The minimum Gasteiger partial charge on any atom is -0.442 e. The van der Waals surface area contributed by atoms with Crippen LogP contribution in [0, 0.1) is 17.0 Å². The molecule has 1 spiro atoms. The SMILES string of the molecule is CC(=O)NCC1CN(c2cc(F)c(N3CCC4(CC3)COC4)c(F)c2)C(=O)O1. The summed E-state index contributed by atoms with van der Waals surface area (Å²) in [5.74, 6) is -1.64. The van der Waals surface area contributed by atoms with Gasteiger partial charge < -0.3 is 19.7 Å². The summed E-state index contributed by atoms with van der Waals surface area (Å²) in [4.78, 5) is 26.0. The van der Waals surface area contributed by atoms with Crippen molar-refractivity contribution in [1.82, 2.24) is 5.32 Å². The lowest BCUT2D eigenvalue weighted by Gasteiger charge is -2.47. The molecule has 1 aromatic carbocycles. The maximum atomic E-state index is 14.8. The largest absolute Gasteiger partial charge is 0.442 e. The summed E-state index contributed by atoms with van der Waals surface area (Å²) in [6.07, 6.45) is 0.436. The van der Waals surface area contributed by atoms with Crippen LogP contribution in [0.1, 0.15) is 19.8 Å². The number of rotatable bonds is 4. The summed E-state index contributed by atoms with van der Waals surface area (Å²) in [5, 5.41) is 2.56. The number of carbonyl (C=O) groups is 2. The Balaban J connectivity index is 1.47. The molecule has 28 heavy (non-hydrogen) atoms. The number of nitrogens with one attached hydrogen (secondary N) is 1. The first-order valence-corrected chi connectivity index (χ1v) is 9.41. The van der Waals surface area contributed by atoms with Crippen LogP contribution in [0.4, 0.5) is 25.0 Å². The van der Waals surface area contributed by atoms with Gasteiger partial charge >= 0.3 is 6.09 Å². The molecule has 3 fully saturated rings. The Hall–Kier alpha value is -2.42. The lowest BCUT2D eigenvalue weighted by Crippen LogP contribution is -2.51. The molecular weight excluding hydrogens is 372 g/mol. The van der Waals surface area contributed by atoms with Crippen molar-refractivity contribution >= 4 is 23.4 Å². The summed E-state index contributed by atoms with van der Waals surface area (Å²) in [7, 11) is 0. The highest BCUT2D eigenvalue weighted by atomic mass is 19.1. The van der Waals surface area contributed by atoms with Gasteiger partial charge in [-0.05, 0) is 12.8 Å². The minimum atomic E-state index is -0.700. The Bertz CT molecular complexity index is 766. The van der Waals surface area contributed by atoms with Gasteiger partial charge in [0.15, 0.2) is 11.6 Å². The minimum absolute atomic E-state index is 0.0544. The number of ether oxygens (including phenoxy) is 2. The molecule has 3 saturated heterocycles. The second kappa shape index (κ2) is 7.20. The van der Waals surface area contributed by atoms with E-state index in [4.69, 9.17) is 9.47 Å². The third kappa shape index (κ3) is 3.50. The highest BCUT2D eigenvalue weighted by Crippen LogP contribution is 2.41. The molecule has 2 amide bonds. The van der Waals surface area contributed by atoms with Crippen molar-refractivity contribution in [2.45, 2.75) is 25.9 Å². The molecule has 4 rings (SSSR count). The van der Waals surface area contributed by atoms with Crippen LogP contribution in [0.3, 0.4) is 0 Å². The number of anilines is 2. The number of cyclic esters (lactones) is 1. The molecule has 0 aliphatic carbocycles. The zero-order chi connectivity index (χ0) is 19.9. The number of benzene rings is 1. The molecule has 3 aliphatic rings. The van der Waals surface area contributed by atoms with E-state index >= 15 is 0 Å². The molecule has 9 heteroatoms. The Kier molecular flexibility index (Phi) is 4.86. The van der Waals surface area contributed by atoms with Crippen LogP contribution in [-0.4, -0.2) is 57.5 Å². The van der Waals surface area contributed by atoms with Crippen molar-refractivity contribution in [3.63, 3.8) is 0 Å². The van der Waals surface area contributed by atoms with Crippen LogP contribution in [0.5, 0.6) is 0 Å². The molecule has 7 nitrogen and oxygen atoms in total. The van der Waals surface area contributed by atoms with Crippen LogP contribution in [0.15, 0.2) is 12.1 Å². The van der Waals surface area contributed by atoms with Gasteiger partial charge in [0.05, 0.1) is 32.0 Å². The van der Waals surface area contributed by atoms with E-state index in [2.05, 4.69) is 5.32 Å². The number of halogens is 2. The molecule has 0 aromatic heterocycles. The normalized spacial score (nSPS) is 23.5. The van der Waals surface area contributed by atoms with Gasteiger partial charge in [-0.2, -0.15) is 0 Å². The zero-order valence-corrected chi connectivity index (χ0v) is 15.7. The topological polar surface area (TPSA) is 71.1 Å². The highest BCUT2D eigenvalue weighted by molar-refractivity contribution is 5.90. The number of hydrogen-bond acceptors (Lipinski definition) is 5. The molecular formula is C19H23F2N3O4. The standard InChI is InChI=1S/C19H23F2N3O4/c1-12(25)22-8-14-9-24(18(26)28-14)13-6-15(20)17(16(21)7-13)23-4-2-19(3-5-23)10-27-11-19/h6-7,14H,2-5,8-11H2,1H3,(H,22,25). The number of hydrogen-bond donors (Lipinski definition) is 1. The molecule has 0 radical (unpaired) electrons. The van der Waals surface area contributed by atoms with Gasteiger partial charge in [0, 0.05) is 37.6 Å². The van der Waals surface area contributed by atoms with E-state index < -0.39 is 23.8 Å². The number of carbonyl (C=O) groups excluding carboxylic acids is 2. The van der Waals surface area contributed by atoms with Gasteiger partial charge in [-0.15, -0.1) is 0 Å². The van der Waals surface area contributed by atoms with Gasteiger partial charge in [0.25, 0.3) is 0 Å². The van der Waals surface area contributed by atoms with Crippen LogP contribution in [-0.2, 0) is 14.3 Å². The van der Waals surface area contributed by atoms with Gasteiger partial charge in [0.2, 0.25) is 5.91 Å². The molecule has 152 valence electrons. The van der Waals surface area contributed by atoms with Crippen molar-refractivity contribution in [2.24, 2.45) is 5.41 Å². The first-order valence-electron chi connectivity index (χ1n) is 9.41. The second-order valence-corrected chi connectivity index (χ2v) is 7.79. The van der Waals surface area contributed by atoms with E-state index in [0.29, 0.717) is 13.1 Å². The Morgan fingerprint density at radius 2 is 1.89 bits per heavy atom. The lowest BCUT2D eigenvalue weighted by atomic mass is 9.77. The summed E-state index contributed by atoms with van der Waals surface area (Å²) in [5.41, 5.74) is 0.224. The number of nitrogens with zero attached hydrogens (tertiary/aromatic N) is 2. The van der Waals surface area contributed by atoms with Gasteiger partial charge in [-0.3, -0.25) is 9.69 Å². The summed E-state index contributed by atoms with van der Waals surface area (Å²) >= 11 is 0. The molecule has 3 heterocycles. The molecule has 0 bridgehead atoms. The third-order valence-corrected chi connectivity index (χ3v) is 5.72. The lowest BCUT2D eigenvalue weighted by molar-refractivity contribution is -0.124. The van der Waals surface area contributed by atoms with Gasteiger partial charge in [0.1, 0.15) is 11.8 Å². The van der Waals surface area contributed by atoms with Crippen molar-refractivity contribution < 1.29 is 27.8 Å². The Morgan fingerprint density at radius 1 is 1.25 bits per heavy atom. The van der Waals surface area contributed by atoms with Crippen LogP contribution >= 0.6 is 0 Å². The predicted molar refractivity (Wildman–Crippen MR) is 97.4 cm³/mol. The fraction of sp³-hybridized carbons (Fsp3) is 0.579. The molecule has 1 atom stereocenters. The Morgan fingerprint density at radius 3 is 2.43 bits per heavy atom. The average molecular weight is 395 g/mol. The smallest absolute Gasteiger partial charge is 0.414 e. The summed E-state index contributed by atoms with van der Waals surface area (Å²) < 4.78 is 40.0. The number of piperidine rings is 1. The average Bonchev–Trinajstić information content (AvgIpc) is 2.99. The van der Waals surface area contributed by atoms with Crippen molar-refractivity contribution in [1.29, 1.82) is 0 Å². The quantitative estimate of drug-likeness (QED) is 0.845. The first kappa shape index (κ1) is 18.9. The fourth-order valence-corrected chi connectivity index (χ4v) is 3.99. The van der Waals surface area contributed by atoms with E-state index in [1.54, 1.807) is 4.90 Å². The molecule has 3 aliphatic heterocycles. The molecule has 1 N–H and O–H groups in total. The molecule has 1 aromatic rings. The summed E-state index contributed by atoms with van der Waals surface area (Å²) in [6.45, 7) is 4.22. The molecule has 1 unspecified atom stereocenters. The van der Waals surface area contributed by atoms with Crippen molar-refractivity contribution in [3.8, 4) is 0 Å². The number of amides is 2. The van der Waals surface area contributed by atoms with E-state index in [1.165, 1.54) is 11.8 Å². The van der Waals surface area contributed by atoms with Gasteiger partial charge in [-0.25, -0.2) is 13.6 Å². The van der Waals surface area contributed by atoms with E-state index in [9.17, 15) is 18.4 Å². The van der Waals surface area contributed by atoms with Crippen LogP contribution in [0.25, 0.3) is 0 Å². The fourth-order valence-electron chi connectivity index (χ4n) is 3.99. The maximum Gasteiger partial charge on any atom is 0.414 e. The maximum absolute atomic E-state index is 14.8. The third-order valence-electron chi connectivity index (χ3n) is 5.72. The summed E-state index contributed by atoms with van der Waals surface area (Å²) in [6, 6.07) is 2.33. The van der Waals surface area contributed by atoms with E-state index in [-0.39, 0.29) is 35.8 Å². The van der Waals surface area contributed by atoms with Crippen LogP contribution < -0.4 is 15.1 Å². The second-order valence-electron chi connectivity index (χ2n) is 7.79. The monoisotopic (exact) mass is 395 g/mol. The Labute approximate surface area is 161 Å². The van der Waals surface area contributed by atoms with Gasteiger partial charge in [-0.1, -0.05) is 0 Å². The van der Waals surface area contributed by atoms with E-state index in [0.717, 1.165) is 38.2 Å². The van der Waals surface area contributed by atoms with Crippen molar-refractivity contribution in [2.75, 3.05) is 49.2 Å². The first-order chi connectivity index (χ1) is 13.4.